The SMILES string of the molecule is CCc1ncnc(-c2cc(F)c(C(=O)N3CCN(CCOCCO)CC3)c(Cl)c2)c1-c1ccc(N)nc1. The van der Waals surface area contributed by atoms with Gasteiger partial charge in [0.05, 0.1) is 41.8 Å². The number of hydrogen-bond acceptors (Lipinski definition) is 8. The Morgan fingerprint density at radius 1 is 1.14 bits per heavy atom. The normalized spacial score (nSPS) is 14.2. The van der Waals surface area contributed by atoms with Crippen molar-refractivity contribution in [3.8, 4) is 22.4 Å². The molecule has 1 aromatic carbocycles. The smallest absolute Gasteiger partial charge is 0.258 e. The number of nitrogen functional groups attached to an aromatic ring is 1. The number of amides is 1. The quantitative estimate of drug-likeness (QED) is 0.407. The number of aliphatic hydroxyl groups excluding tert-OH is 1. The van der Waals surface area contributed by atoms with Crippen LogP contribution in [0.1, 0.15) is 23.0 Å². The maximum Gasteiger partial charge on any atom is 0.258 e. The van der Waals surface area contributed by atoms with E-state index in [1.54, 1.807) is 23.2 Å². The van der Waals surface area contributed by atoms with Crippen molar-refractivity contribution in [1.29, 1.82) is 0 Å². The molecule has 1 aliphatic heterocycles. The third-order valence-electron chi connectivity index (χ3n) is 6.31. The third-order valence-corrected chi connectivity index (χ3v) is 6.61. The molecule has 0 unspecified atom stereocenters. The zero-order valence-electron chi connectivity index (χ0n) is 20.7. The molecule has 4 rings (SSSR count). The molecule has 0 aliphatic carbocycles. The summed E-state index contributed by atoms with van der Waals surface area (Å²) in [5, 5.41) is 8.82. The number of aryl methyl sites for hydroxylation is 1. The zero-order valence-corrected chi connectivity index (χ0v) is 21.4. The van der Waals surface area contributed by atoms with E-state index in [0.29, 0.717) is 75.0 Å². The van der Waals surface area contributed by atoms with Crippen LogP contribution in [0.15, 0.2) is 36.8 Å². The molecule has 3 aromatic rings. The van der Waals surface area contributed by atoms with Crippen LogP contribution in [-0.2, 0) is 11.2 Å². The lowest BCUT2D eigenvalue weighted by Crippen LogP contribution is -2.49. The topological polar surface area (TPSA) is 118 Å². The van der Waals surface area contributed by atoms with E-state index in [9.17, 15) is 4.79 Å². The van der Waals surface area contributed by atoms with Crippen LogP contribution < -0.4 is 5.73 Å². The van der Waals surface area contributed by atoms with Crippen LogP contribution in [0.25, 0.3) is 22.4 Å². The fraction of sp³-hybridized carbons (Fsp3) is 0.385. The van der Waals surface area contributed by atoms with Gasteiger partial charge in [-0.2, -0.15) is 0 Å². The highest BCUT2D eigenvalue weighted by Gasteiger charge is 2.27. The minimum atomic E-state index is -0.703. The van der Waals surface area contributed by atoms with E-state index in [2.05, 4.69) is 19.9 Å². The summed E-state index contributed by atoms with van der Waals surface area (Å²) in [5.41, 5.74) is 8.77. The summed E-state index contributed by atoms with van der Waals surface area (Å²) in [5.74, 6) is -0.761. The first-order valence-electron chi connectivity index (χ1n) is 12.2. The third kappa shape index (κ3) is 6.22. The molecule has 9 nitrogen and oxygen atoms in total. The first-order chi connectivity index (χ1) is 17.9. The number of piperazine rings is 1. The van der Waals surface area contributed by atoms with Gasteiger partial charge in [0.15, 0.2) is 0 Å². The molecule has 0 atom stereocenters. The first-order valence-corrected chi connectivity index (χ1v) is 12.6. The minimum absolute atomic E-state index is 0.00964. The summed E-state index contributed by atoms with van der Waals surface area (Å²) in [6.07, 6.45) is 3.69. The van der Waals surface area contributed by atoms with Crippen LogP contribution in [-0.4, -0.2) is 88.3 Å². The zero-order chi connectivity index (χ0) is 26.4. The number of carbonyl (C=O) groups excluding carboxylic acids is 1. The van der Waals surface area contributed by atoms with Crippen molar-refractivity contribution < 1.29 is 19.0 Å². The summed E-state index contributed by atoms with van der Waals surface area (Å²) in [6.45, 7) is 5.68. The lowest BCUT2D eigenvalue weighted by atomic mass is 9.96. The van der Waals surface area contributed by atoms with E-state index in [4.69, 9.17) is 27.2 Å². The molecule has 0 saturated carbocycles. The molecule has 1 aliphatic rings. The first kappa shape index (κ1) is 26.9. The molecule has 0 spiro atoms. The van der Waals surface area contributed by atoms with Gasteiger partial charge in [-0.1, -0.05) is 18.5 Å². The Balaban J connectivity index is 1.56. The summed E-state index contributed by atoms with van der Waals surface area (Å²) >= 11 is 6.51. The van der Waals surface area contributed by atoms with Gasteiger partial charge in [0.25, 0.3) is 5.91 Å². The number of halogens is 2. The lowest BCUT2D eigenvalue weighted by Gasteiger charge is -2.34. The predicted octanol–water partition coefficient (Wildman–Crippen LogP) is 2.91. The second kappa shape index (κ2) is 12.4. The van der Waals surface area contributed by atoms with Gasteiger partial charge in [-0.15, -0.1) is 0 Å². The molecule has 0 bridgehead atoms. The highest BCUT2D eigenvalue weighted by molar-refractivity contribution is 6.34. The number of rotatable bonds is 9. The monoisotopic (exact) mass is 528 g/mol. The van der Waals surface area contributed by atoms with E-state index in [-0.39, 0.29) is 17.2 Å². The number of hydrogen-bond donors (Lipinski definition) is 2. The molecule has 1 fully saturated rings. The van der Waals surface area contributed by atoms with E-state index in [1.165, 1.54) is 12.4 Å². The van der Waals surface area contributed by atoms with Crippen molar-refractivity contribution >= 4 is 23.3 Å². The molecule has 196 valence electrons. The molecule has 0 radical (unpaired) electrons. The highest BCUT2D eigenvalue weighted by atomic mass is 35.5. The Hall–Kier alpha value is -3.18. The minimum Gasteiger partial charge on any atom is -0.394 e. The fourth-order valence-electron chi connectivity index (χ4n) is 4.37. The van der Waals surface area contributed by atoms with Crippen molar-refractivity contribution in [3.63, 3.8) is 0 Å². The van der Waals surface area contributed by atoms with Gasteiger partial charge in [-0.3, -0.25) is 9.69 Å². The Morgan fingerprint density at radius 2 is 1.92 bits per heavy atom. The average Bonchev–Trinajstić information content (AvgIpc) is 2.91. The number of nitrogens with zero attached hydrogens (tertiary/aromatic N) is 5. The van der Waals surface area contributed by atoms with Crippen molar-refractivity contribution in [2.75, 3.05) is 58.3 Å². The lowest BCUT2D eigenvalue weighted by molar-refractivity contribution is 0.0484. The summed E-state index contributed by atoms with van der Waals surface area (Å²) in [6, 6.07) is 6.37. The number of anilines is 1. The van der Waals surface area contributed by atoms with E-state index >= 15 is 4.39 Å². The molecule has 1 saturated heterocycles. The van der Waals surface area contributed by atoms with Gasteiger partial charge in [0.2, 0.25) is 0 Å². The Labute approximate surface area is 220 Å². The number of pyridine rings is 1. The van der Waals surface area contributed by atoms with Crippen molar-refractivity contribution in [2.45, 2.75) is 13.3 Å². The Bertz CT molecular complexity index is 1210. The molecule has 3 heterocycles. The van der Waals surface area contributed by atoms with E-state index in [1.807, 2.05) is 13.0 Å². The van der Waals surface area contributed by atoms with Crippen molar-refractivity contribution in [2.24, 2.45) is 0 Å². The molecule has 1 amide bonds. The average molecular weight is 529 g/mol. The Morgan fingerprint density at radius 3 is 2.57 bits per heavy atom. The summed E-state index contributed by atoms with van der Waals surface area (Å²) in [7, 11) is 0. The number of aromatic nitrogens is 3. The number of carbonyl (C=O) groups is 1. The second-order valence-electron chi connectivity index (χ2n) is 8.65. The summed E-state index contributed by atoms with van der Waals surface area (Å²) in [4.78, 5) is 30.0. The van der Waals surface area contributed by atoms with Crippen LogP contribution in [0.4, 0.5) is 10.2 Å². The number of aliphatic hydroxyl groups is 1. The number of ether oxygens (including phenoxy) is 1. The Kier molecular flexibility index (Phi) is 8.99. The van der Waals surface area contributed by atoms with E-state index < -0.39 is 11.7 Å². The van der Waals surface area contributed by atoms with Crippen molar-refractivity contribution in [3.05, 3.63) is 58.9 Å². The molecule has 2 aromatic heterocycles. The largest absolute Gasteiger partial charge is 0.394 e. The molecular weight excluding hydrogens is 499 g/mol. The fourth-order valence-corrected chi connectivity index (χ4v) is 4.66. The number of nitrogens with two attached hydrogens (primary N) is 1. The van der Waals surface area contributed by atoms with Crippen LogP contribution >= 0.6 is 11.6 Å². The van der Waals surface area contributed by atoms with Gasteiger partial charge >= 0.3 is 0 Å². The predicted molar refractivity (Wildman–Crippen MR) is 140 cm³/mol. The van der Waals surface area contributed by atoms with Gasteiger partial charge in [-0.05, 0) is 30.7 Å². The van der Waals surface area contributed by atoms with Crippen LogP contribution in [0.5, 0.6) is 0 Å². The van der Waals surface area contributed by atoms with Crippen LogP contribution in [0.3, 0.4) is 0 Å². The molecular formula is C26H30ClFN6O3. The van der Waals surface area contributed by atoms with Gasteiger partial charge in [0, 0.05) is 55.6 Å². The maximum atomic E-state index is 15.4. The standard InChI is InChI=1S/C26H30ClFN6O3/c1-2-21-23(17-3-4-22(29)30-15-17)25(32-16-31-21)18-13-19(27)24(20(28)14-18)26(36)34-7-5-33(6-8-34)9-11-37-12-10-35/h3-4,13-16,35H,2,5-12H2,1H3,(H2,29,30). The van der Waals surface area contributed by atoms with Gasteiger partial charge in [-0.25, -0.2) is 19.3 Å². The maximum absolute atomic E-state index is 15.4. The van der Waals surface area contributed by atoms with Crippen molar-refractivity contribution in [1.82, 2.24) is 24.8 Å². The van der Waals surface area contributed by atoms with E-state index in [0.717, 1.165) is 11.3 Å². The summed E-state index contributed by atoms with van der Waals surface area (Å²) < 4.78 is 20.7. The highest BCUT2D eigenvalue weighted by Crippen LogP contribution is 2.35. The van der Waals surface area contributed by atoms with Crippen LogP contribution in [0, 0.1) is 5.82 Å². The molecule has 37 heavy (non-hydrogen) atoms. The number of benzene rings is 1. The second-order valence-corrected chi connectivity index (χ2v) is 9.06. The molecule has 11 heteroatoms. The van der Waals surface area contributed by atoms with Gasteiger partial charge < -0.3 is 20.5 Å². The molecule has 3 N–H and O–H groups in total. The van der Waals surface area contributed by atoms with Crippen LogP contribution in [0.2, 0.25) is 5.02 Å². The van der Waals surface area contributed by atoms with Gasteiger partial charge in [0.1, 0.15) is 18.0 Å².